The van der Waals surface area contributed by atoms with Crippen LogP contribution < -0.4 is 14.2 Å². The van der Waals surface area contributed by atoms with Gasteiger partial charge in [-0.3, -0.25) is 4.90 Å². The van der Waals surface area contributed by atoms with Crippen LogP contribution in [0.15, 0.2) is 59.5 Å². The van der Waals surface area contributed by atoms with E-state index in [4.69, 9.17) is 9.47 Å². The summed E-state index contributed by atoms with van der Waals surface area (Å²) in [7, 11) is -0.218. The molecular formula is C25H30N2O4S. The zero-order valence-electron chi connectivity index (χ0n) is 18.6. The van der Waals surface area contributed by atoms with E-state index >= 15 is 0 Å². The number of hydrogen-bond acceptors (Lipinski definition) is 5. The third-order valence-electron chi connectivity index (χ3n) is 6.03. The highest BCUT2D eigenvalue weighted by atomic mass is 32.2. The van der Waals surface area contributed by atoms with Gasteiger partial charge in [0.1, 0.15) is 0 Å². The molecule has 32 heavy (non-hydrogen) atoms. The highest BCUT2D eigenvalue weighted by Gasteiger charge is 2.20. The summed E-state index contributed by atoms with van der Waals surface area (Å²) in [5, 5.41) is 1.68. The van der Waals surface area contributed by atoms with Gasteiger partial charge >= 0.3 is 0 Å². The fraction of sp³-hybridized carbons (Fsp3) is 0.360. The van der Waals surface area contributed by atoms with Crippen LogP contribution in [0.4, 0.5) is 0 Å². The van der Waals surface area contributed by atoms with Gasteiger partial charge < -0.3 is 9.47 Å². The van der Waals surface area contributed by atoms with Crippen molar-refractivity contribution in [1.82, 2.24) is 9.62 Å². The Hall–Kier alpha value is -2.61. The molecule has 1 aliphatic rings. The van der Waals surface area contributed by atoms with Crippen LogP contribution in [0.3, 0.4) is 0 Å². The second-order valence-electron chi connectivity index (χ2n) is 8.08. The molecule has 0 unspecified atom stereocenters. The maximum Gasteiger partial charge on any atom is 0.241 e. The summed E-state index contributed by atoms with van der Waals surface area (Å²) in [6, 6.07) is 17.1. The maximum atomic E-state index is 12.8. The Labute approximate surface area is 190 Å². The molecule has 7 heteroatoms. The molecule has 0 aliphatic carbocycles. The van der Waals surface area contributed by atoms with Crippen LogP contribution in [0.5, 0.6) is 11.5 Å². The maximum absolute atomic E-state index is 12.8. The van der Waals surface area contributed by atoms with Crippen molar-refractivity contribution in [3.05, 3.63) is 65.7 Å². The average molecular weight is 455 g/mol. The minimum Gasteiger partial charge on any atom is -0.493 e. The number of hydrogen-bond donors (Lipinski definition) is 1. The van der Waals surface area contributed by atoms with Crippen molar-refractivity contribution in [3.8, 4) is 11.5 Å². The minimum atomic E-state index is -3.54. The molecular weight excluding hydrogens is 424 g/mol. The van der Waals surface area contributed by atoms with Crippen LogP contribution in [0.2, 0.25) is 0 Å². The molecule has 0 saturated heterocycles. The van der Waals surface area contributed by atoms with Crippen molar-refractivity contribution >= 4 is 20.8 Å². The molecule has 0 bridgehead atoms. The van der Waals surface area contributed by atoms with Gasteiger partial charge in [-0.2, -0.15) is 0 Å². The van der Waals surface area contributed by atoms with Crippen molar-refractivity contribution in [3.63, 3.8) is 0 Å². The van der Waals surface area contributed by atoms with E-state index in [1.807, 2.05) is 30.3 Å². The summed E-state index contributed by atoms with van der Waals surface area (Å²) >= 11 is 0. The first-order valence-corrected chi connectivity index (χ1v) is 12.4. The zero-order chi connectivity index (χ0) is 22.6. The summed E-state index contributed by atoms with van der Waals surface area (Å²) in [6.45, 7) is 3.23. The lowest BCUT2D eigenvalue weighted by molar-refractivity contribution is 0.248. The lowest BCUT2D eigenvalue weighted by atomic mass is 9.98. The molecule has 1 heterocycles. The number of sulfonamides is 1. The van der Waals surface area contributed by atoms with Crippen LogP contribution in [0.1, 0.15) is 24.0 Å². The van der Waals surface area contributed by atoms with Crippen molar-refractivity contribution < 1.29 is 17.9 Å². The molecule has 0 amide bonds. The number of ether oxygens (including phenoxy) is 2. The largest absolute Gasteiger partial charge is 0.493 e. The Bertz CT molecular complexity index is 1190. The molecule has 170 valence electrons. The molecule has 3 aromatic rings. The van der Waals surface area contributed by atoms with Crippen molar-refractivity contribution in [1.29, 1.82) is 0 Å². The second kappa shape index (κ2) is 9.90. The van der Waals surface area contributed by atoms with Gasteiger partial charge in [0.05, 0.1) is 19.1 Å². The van der Waals surface area contributed by atoms with Crippen LogP contribution in [0, 0.1) is 0 Å². The first-order chi connectivity index (χ1) is 15.5. The van der Waals surface area contributed by atoms with Gasteiger partial charge in [-0.1, -0.05) is 36.4 Å². The van der Waals surface area contributed by atoms with E-state index < -0.39 is 10.0 Å². The first-order valence-electron chi connectivity index (χ1n) is 11.0. The Kier molecular flexibility index (Phi) is 6.98. The van der Waals surface area contributed by atoms with E-state index in [1.165, 1.54) is 11.1 Å². The summed E-state index contributed by atoms with van der Waals surface area (Å²) in [6.07, 6.45) is 2.70. The van der Waals surface area contributed by atoms with Crippen LogP contribution >= 0.6 is 0 Å². The van der Waals surface area contributed by atoms with E-state index in [9.17, 15) is 8.42 Å². The predicted molar refractivity (Wildman–Crippen MR) is 127 cm³/mol. The number of rotatable bonds is 9. The summed E-state index contributed by atoms with van der Waals surface area (Å²) < 4.78 is 39.3. The Morgan fingerprint density at radius 2 is 1.66 bits per heavy atom. The number of methoxy groups -OCH3 is 2. The summed E-state index contributed by atoms with van der Waals surface area (Å²) in [5.41, 5.74) is 2.58. The molecule has 3 aromatic carbocycles. The van der Waals surface area contributed by atoms with Gasteiger partial charge in [-0.15, -0.1) is 0 Å². The monoisotopic (exact) mass is 454 g/mol. The Balaban J connectivity index is 1.29. The molecule has 0 atom stereocenters. The molecule has 4 rings (SSSR count). The molecule has 0 spiro atoms. The van der Waals surface area contributed by atoms with Crippen LogP contribution in [0.25, 0.3) is 10.8 Å². The normalized spacial score (nSPS) is 14.3. The van der Waals surface area contributed by atoms with E-state index in [1.54, 1.807) is 26.4 Å². The predicted octanol–water partition coefficient (Wildman–Crippen LogP) is 3.97. The van der Waals surface area contributed by atoms with Crippen molar-refractivity contribution in [2.45, 2.75) is 30.7 Å². The third-order valence-corrected chi connectivity index (χ3v) is 7.55. The Morgan fingerprint density at radius 1 is 0.938 bits per heavy atom. The first kappa shape index (κ1) is 22.6. The molecule has 1 aliphatic heterocycles. The number of fused-ring (bicyclic) bond motifs is 2. The van der Waals surface area contributed by atoms with E-state index in [0.717, 1.165) is 61.2 Å². The van der Waals surface area contributed by atoms with Gasteiger partial charge in [0, 0.05) is 25.0 Å². The lowest BCUT2D eigenvalue weighted by Gasteiger charge is -2.29. The van der Waals surface area contributed by atoms with E-state index in [0.29, 0.717) is 11.4 Å². The molecule has 0 saturated carbocycles. The zero-order valence-corrected chi connectivity index (χ0v) is 19.5. The van der Waals surface area contributed by atoms with Gasteiger partial charge in [-0.05, 0) is 60.5 Å². The quantitative estimate of drug-likeness (QED) is 0.496. The van der Waals surface area contributed by atoms with Crippen molar-refractivity contribution in [2.24, 2.45) is 0 Å². The van der Waals surface area contributed by atoms with Crippen LogP contribution in [-0.4, -0.2) is 47.2 Å². The molecule has 0 aromatic heterocycles. The summed E-state index contributed by atoms with van der Waals surface area (Å²) in [5.74, 6) is 1.54. The number of benzene rings is 3. The van der Waals surface area contributed by atoms with Crippen molar-refractivity contribution in [2.75, 3.05) is 33.9 Å². The standard InChI is InChI=1S/C25H30N2O4S/c1-30-23-16-20-12-15-27(18-21(20)17-24(23)31-2)14-6-5-13-26-32(28,29)25-11-7-9-19-8-3-4-10-22(19)25/h3-4,7-11,16-17,26H,5-6,12-15,18H2,1-2H3. The smallest absolute Gasteiger partial charge is 0.241 e. The Morgan fingerprint density at radius 3 is 2.44 bits per heavy atom. The highest BCUT2D eigenvalue weighted by molar-refractivity contribution is 7.89. The summed E-state index contributed by atoms with van der Waals surface area (Å²) in [4.78, 5) is 2.75. The molecule has 1 N–H and O–H groups in total. The van der Waals surface area contributed by atoms with Gasteiger partial charge in [0.15, 0.2) is 11.5 Å². The van der Waals surface area contributed by atoms with Crippen LogP contribution in [-0.2, 0) is 23.0 Å². The third kappa shape index (κ3) is 4.90. The molecule has 0 fully saturated rings. The number of nitrogens with zero attached hydrogens (tertiary/aromatic N) is 1. The highest BCUT2D eigenvalue weighted by Crippen LogP contribution is 2.33. The fourth-order valence-corrected chi connectivity index (χ4v) is 5.61. The lowest BCUT2D eigenvalue weighted by Crippen LogP contribution is -2.32. The topological polar surface area (TPSA) is 67.9 Å². The SMILES string of the molecule is COc1cc2c(cc1OC)CN(CCCCNS(=O)(=O)c1cccc3ccccc13)CC2. The average Bonchev–Trinajstić information content (AvgIpc) is 2.82. The van der Waals surface area contributed by atoms with E-state index in [-0.39, 0.29) is 0 Å². The van der Waals surface area contributed by atoms with Gasteiger partial charge in [0.2, 0.25) is 10.0 Å². The van der Waals surface area contributed by atoms with Gasteiger partial charge in [-0.25, -0.2) is 13.1 Å². The minimum absolute atomic E-state index is 0.340. The number of nitrogens with one attached hydrogen (secondary N) is 1. The number of unbranched alkanes of at least 4 members (excludes halogenated alkanes) is 1. The van der Waals surface area contributed by atoms with E-state index in [2.05, 4.69) is 21.8 Å². The molecule has 0 radical (unpaired) electrons. The fourth-order valence-electron chi connectivity index (χ4n) is 4.31. The second-order valence-corrected chi connectivity index (χ2v) is 9.82. The molecule has 6 nitrogen and oxygen atoms in total. The van der Waals surface area contributed by atoms with Gasteiger partial charge in [0.25, 0.3) is 0 Å².